The molecule has 0 fully saturated rings. The van der Waals surface area contributed by atoms with Gasteiger partial charge in [-0.05, 0) is 40.2 Å². The van der Waals surface area contributed by atoms with Gasteiger partial charge in [0.15, 0.2) is 4.60 Å². The molecular formula is C12H10BrN5O2S. The molecule has 0 aliphatic carbocycles. The molecule has 108 valence electrons. The maximum Gasteiger partial charge on any atom is 0.281 e. The molecule has 7 nitrogen and oxygen atoms in total. The van der Waals surface area contributed by atoms with E-state index in [1.54, 1.807) is 30.5 Å². The molecule has 0 saturated heterocycles. The Morgan fingerprint density at radius 3 is 2.76 bits per heavy atom. The molecule has 0 amide bonds. The van der Waals surface area contributed by atoms with Crippen LogP contribution in [0, 0.1) is 0 Å². The van der Waals surface area contributed by atoms with E-state index in [4.69, 9.17) is 0 Å². The number of aryl methyl sites for hydroxylation is 1. The number of nitrogens with one attached hydrogen (secondary N) is 1. The number of sulfonamides is 1. The zero-order chi connectivity index (χ0) is 15.0. The van der Waals surface area contributed by atoms with Crippen molar-refractivity contribution < 1.29 is 8.42 Å². The number of hydrogen-bond acceptors (Lipinski definition) is 5. The lowest BCUT2D eigenvalue weighted by Gasteiger charge is -2.10. The van der Waals surface area contributed by atoms with Gasteiger partial charge in [-0.1, -0.05) is 11.3 Å². The highest BCUT2D eigenvalue weighted by Gasteiger charge is 2.24. The fourth-order valence-corrected chi connectivity index (χ4v) is 4.17. The fourth-order valence-electron chi connectivity index (χ4n) is 1.99. The fraction of sp³-hybridized carbons (Fsp3) is 0.0833. The summed E-state index contributed by atoms with van der Waals surface area (Å²) in [5, 5.41) is 8.04. The van der Waals surface area contributed by atoms with Crippen LogP contribution in [0.1, 0.15) is 0 Å². The number of anilines is 1. The van der Waals surface area contributed by atoms with Crippen LogP contribution in [-0.4, -0.2) is 28.4 Å². The van der Waals surface area contributed by atoms with Crippen LogP contribution in [0.25, 0.3) is 10.9 Å². The molecule has 0 unspecified atom stereocenters. The normalized spacial score (nSPS) is 11.7. The summed E-state index contributed by atoms with van der Waals surface area (Å²) in [6, 6.07) is 8.79. The lowest BCUT2D eigenvalue weighted by molar-refractivity contribution is 0.578. The average Bonchev–Trinajstić information content (AvgIpc) is 2.79. The van der Waals surface area contributed by atoms with Gasteiger partial charge < -0.3 is 0 Å². The number of nitrogens with zero attached hydrogens (tertiary/aromatic N) is 4. The molecule has 0 saturated carbocycles. The first kappa shape index (κ1) is 14.0. The van der Waals surface area contributed by atoms with Gasteiger partial charge in [0, 0.05) is 18.6 Å². The van der Waals surface area contributed by atoms with Crippen molar-refractivity contribution in [1.29, 1.82) is 0 Å². The second-order valence-corrected chi connectivity index (χ2v) is 6.64. The third kappa shape index (κ3) is 2.49. The standard InChI is InChI=1S/C12H10BrN5O2S/c1-18-12(11(13)15-17-18)21(19,20)16-10-6-2-5-9-8(10)4-3-7-14-9/h2-7,16H,1H3. The lowest BCUT2D eigenvalue weighted by Crippen LogP contribution is -2.17. The zero-order valence-corrected chi connectivity index (χ0v) is 13.3. The van der Waals surface area contributed by atoms with Crippen molar-refractivity contribution in [3.63, 3.8) is 0 Å². The minimum Gasteiger partial charge on any atom is -0.278 e. The minimum absolute atomic E-state index is 0.0385. The van der Waals surface area contributed by atoms with Crippen molar-refractivity contribution in [2.24, 2.45) is 7.05 Å². The van der Waals surface area contributed by atoms with Crippen molar-refractivity contribution in [3.05, 3.63) is 41.1 Å². The second kappa shape index (κ2) is 5.08. The smallest absolute Gasteiger partial charge is 0.278 e. The maximum atomic E-state index is 12.5. The molecule has 0 bridgehead atoms. The molecule has 1 N–H and O–H groups in total. The number of pyridine rings is 1. The first-order valence-corrected chi connectivity index (χ1v) is 8.18. The topological polar surface area (TPSA) is 89.8 Å². The van der Waals surface area contributed by atoms with Gasteiger partial charge in [-0.15, -0.1) is 5.10 Å². The Morgan fingerprint density at radius 2 is 2.05 bits per heavy atom. The molecule has 0 atom stereocenters. The predicted molar refractivity (Wildman–Crippen MR) is 81.3 cm³/mol. The number of fused-ring (bicyclic) bond motifs is 1. The zero-order valence-electron chi connectivity index (χ0n) is 10.9. The van der Waals surface area contributed by atoms with Gasteiger partial charge in [0.05, 0.1) is 11.2 Å². The summed E-state index contributed by atoms with van der Waals surface area (Å²) >= 11 is 3.09. The third-order valence-corrected chi connectivity index (χ3v) is 5.13. The van der Waals surface area contributed by atoms with Gasteiger partial charge in [-0.3, -0.25) is 9.71 Å². The molecule has 1 aromatic carbocycles. The van der Waals surface area contributed by atoms with Crippen LogP contribution in [0.15, 0.2) is 46.2 Å². The number of rotatable bonds is 3. The van der Waals surface area contributed by atoms with E-state index in [2.05, 4.69) is 35.9 Å². The quantitative estimate of drug-likeness (QED) is 0.763. The highest BCUT2D eigenvalue weighted by molar-refractivity contribution is 9.10. The number of aromatic nitrogens is 4. The van der Waals surface area contributed by atoms with Crippen molar-refractivity contribution in [2.75, 3.05) is 4.72 Å². The monoisotopic (exact) mass is 367 g/mol. The van der Waals surface area contributed by atoms with E-state index >= 15 is 0 Å². The maximum absolute atomic E-state index is 12.5. The molecule has 0 aliphatic heterocycles. The SMILES string of the molecule is Cn1nnc(Br)c1S(=O)(=O)Nc1cccc2ncccc12. The average molecular weight is 368 g/mol. The first-order chi connectivity index (χ1) is 9.99. The van der Waals surface area contributed by atoms with Crippen molar-refractivity contribution in [3.8, 4) is 0 Å². The van der Waals surface area contributed by atoms with Crippen molar-refractivity contribution in [2.45, 2.75) is 5.03 Å². The Bertz CT molecular complexity index is 898. The van der Waals surface area contributed by atoms with E-state index < -0.39 is 10.0 Å². The molecule has 0 spiro atoms. The molecule has 0 aliphatic rings. The molecule has 21 heavy (non-hydrogen) atoms. The highest BCUT2D eigenvalue weighted by Crippen LogP contribution is 2.26. The van der Waals surface area contributed by atoms with Gasteiger partial charge in [0.1, 0.15) is 0 Å². The summed E-state index contributed by atoms with van der Waals surface area (Å²) in [6.07, 6.45) is 1.65. The number of hydrogen-bond donors (Lipinski definition) is 1. The lowest BCUT2D eigenvalue weighted by atomic mass is 10.2. The van der Waals surface area contributed by atoms with Crippen LogP contribution >= 0.6 is 15.9 Å². The second-order valence-electron chi connectivity index (χ2n) is 4.29. The van der Waals surface area contributed by atoms with Gasteiger partial charge in [0.2, 0.25) is 5.03 Å². The summed E-state index contributed by atoms with van der Waals surface area (Å²) in [5.74, 6) is 0. The summed E-state index contributed by atoms with van der Waals surface area (Å²) in [4.78, 5) is 4.20. The molecule has 2 aromatic heterocycles. The highest BCUT2D eigenvalue weighted by atomic mass is 79.9. The molecule has 9 heteroatoms. The van der Waals surface area contributed by atoms with Crippen LogP contribution < -0.4 is 4.72 Å². The van der Waals surface area contributed by atoms with E-state index in [1.165, 1.54) is 11.7 Å². The first-order valence-electron chi connectivity index (χ1n) is 5.91. The Balaban J connectivity index is 2.10. The summed E-state index contributed by atoms with van der Waals surface area (Å²) in [5.41, 5.74) is 1.16. The largest absolute Gasteiger partial charge is 0.281 e. The van der Waals surface area contributed by atoms with Gasteiger partial charge in [0.25, 0.3) is 10.0 Å². The van der Waals surface area contributed by atoms with Crippen LogP contribution in [0.3, 0.4) is 0 Å². The van der Waals surface area contributed by atoms with Crippen LogP contribution in [0.2, 0.25) is 0 Å². The van der Waals surface area contributed by atoms with E-state index in [0.717, 1.165) is 5.39 Å². The molecule has 3 rings (SSSR count). The molecule has 2 heterocycles. The summed E-state index contributed by atoms with van der Waals surface area (Å²) < 4.78 is 28.9. The molecule has 3 aromatic rings. The summed E-state index contributed by atoms with van der Waals surface area (Å²) in [6.45, 7) is 0. The van der Waals surface area contributed by atoms with Crippen LogP contribution in [-0.2, 0) is 17.1 Å². The van der Waals surface area contributed by atoms with Crippen LogP contribution in [0.5, 0.6) is 0 Å². The van der Waals surface area contributed by atoms with Gasteiger partial charge >= 0.3 is 0 Å². The number of halogens is 1. The molecule has 0 radical (unpaired) electrons. The van der Waals surface area contributed by atoms with Gasteiger partial charge in [-0.25, -0.2) is 4.68 Å². The third-order valence-electron chi connectivity index (χ3n) is 2.88. The van der Waals surface area contributed by atoms with Gasteiger partial charge in [-0.2, -0.15) is 8.42 Å². The number of benzene rings is 1. The van der Waals surface area contributed by atoms with E-state index in [-0.39, 0.29) is 9.63 Å². The van der Waals surface area contributed by atoms with E-state index in [9.17, 15) is 8.42 Å². The Kier molecular flexibility index (Phi) is 3.38. The van der Waals surface area contributed by atoms with Crippen LogP contribution in [0.4, 0.5) is 5.69 Å². The van der Waals surface area contributed by atoms with E-state index in [0.29, 0.717) is 11.2 Å². The Hall–Kier alpha value is -2.00. The molecular weight excluding hydrogens is 358 g/mol. The Labute approximate surface area is 129 Å². The Morgan fingerprint density at radius 1 is 1.24 bits per heavy atom. The summed E-state index contributed by atoms with van der Waals surface area (Å²) in [7, 11) is -2.30. The predicted octanol–water partition coefficient (Wildman–Crippen LogP) is 1.93. The minimum atomic E-state index is -3.81. The van der Waals surface area contributed by atoms with Crippen molar-refractivity contribution >= 4 is 42.5 Å². The van der Waals surface area contributed by atoms with Crippen molar-refractivity contribution in [1.82, 2.24) is 20.0 Å². The van der Waals surface area contributed by atoms with E-state index in [1.807, 2.05) is 6.07 Å².